The summed E-state index contributed by atoms with van der Waals surface area (Å²) in [5.41, 5.74) is 0. The van der Waals surface area contributed by atoms with E-state index in [4.69, 9.17) is 4.98 Å². The van der Waals surface area contributed by atoms with Crippen LogP contribution >= 0.6 is 0 Å². The van der Waals surface area contributed by atoms with Crippen molar-refractivity contribution < 1.29 is 0 Å². The molecule has 1 fully saturated rings. The number of rotatable bonds is 4. The molecule has 1 saturated heterocycles. The van der Waals surface area contributed by atoms with Crippen molar-refractivity contribution in [3.05, 3.63) is 36.7 Å². The van der Waals surface area contributed by atoms with Gasteiger partial charge < -0.3 is 9.80 Å². The molecule has 1 aliphatic rings. The third-order valence-electron chi connectivity index (χ3n) is 4.44. The first-order valence-electron chi connectivity index (χ1n) is 8.22. The zero-order chi connectivity index (χ0) is 16.2. The van der Waals surface area contributed by atoms with Crippen LogP contribution in [0.15, 0.2) is 30.9 Å². The highest BCUT2D eigenvalue weighted by atomic mass is 15.2. The van der Waals surface area contributed by atoms with Crippen molar-refractivity contribution in [1.29, 1.82) is 0 Å². The fraction of sp³-hybridized carbons (Fsp3) is 0.529. The van der Waals surface area contributed by atoms with Gasteiger partial charge in [-0.05, 0) is 25.0 Å². The van der Waals surface area contributed by atoms with Crippen LogP contribution in [0, 0.1) is 0 Å². The van der Waals surface area contributed by atoms with E-state index in [0.29, 0.717) is 12.0 Å². The van der Waals surface area contributed by atoms with Gasteiger partial charge in [-0.25, -0.2) is 19.9 Å². The van der Waals surface area contributed by atoms with Gasteiger partial charge in [0, 0.05) is 44.5 Å². The summed E-state index contributed by atoms with van der Waals surface area (Å²) in [6.07, 6.45) is 7.47. The third-order valence-corrected chi connectivity index (χ3v) is 4.44. The van der Waals surface area contributed by atoms with Gasteiger partial charge in [0.2, 0.25) is 0 Å². The number of hydrogen-bond acceptors (Lipinski definition) is 6. The summed E-state index contributed by atoms with van der Waals surface area (Å²) >= 11 is 0. The van der Waals surface area contributed by atoms with Crippen molar-refractivity contribution in [2.24, 2.45) is 0 Å². The molecule has 6 nitrogen and oxygen atoms in total. The summed E-state index contributed by atoms with van der Waals surface area (Å²) in [7, 11) is 2.12. The van der Waals surface area contributed by atoms with E-state index in [1.165, 1.54) is 0 Å². The lowest BCUT2D eigenvalue weighted by molar-refractivity contribution is 0.477. The van der Waals surface area contributed by atoms with Gasteiger partial charge in [0.05, 0.1) is 0 Å². The number of piperidine rings is 1. The second-order valence-corrected chi connectivity index (χ2v) is 6.32. The molecular formula is C17H24N6. The molecule has 23 heavy (non-hydrogen) atoms. The smallest absolute Gasteiger partial charge is 0.133 e. The molecule has 2 aromatic rings. The van der Waals surface area contributed by atoms with E-state index in [-0.39, 0.29) is 0 Å². The molecule has 0 aliphatic carbocycles. The lowest BCUT2D eigenvalue weighted by atomic mass is 10.0. The second-order valence-electron chi connectivity index (χ2n) is 6.32. The Morgan fingerprint density at radius 3 is 2.57 bits per heavy atom. The molecule has 0 bridgehead atoms. The minimum absolute atomic E-state index is 0.358. The van der Waals surface area contributed by atoms with E-state index in [2.05, 4.69) is 45.6 Å². The Kier molecular flexibility index (Phi) is 4.69. The van der Waals surface area contributed by atoms with Crippen LogP contribution in [-0.4, -0.2) is 46.1 Å². The molecule has 0 N–H and O–H groups in total. The molecule has 0 saturated carbocycles. The topological polar surface area (TPSA) is 58.0 Å². The van der Waals surface area contributed by atoms with Gasteiger partial charge in [-0.1, -0.05) is 13.8 Å². The maximum absolute atomic E-state index is 4.70. The number of hydrogen-bond donors (Lipinski definition) is 0. The zero-order valence-corrected chi connectivity index (χ0v) is 14.1. The summed E-state index contributed by atoms with van der Waals surface area (Å²) in [5.74, 6) is 3.31. The lowest BCUT2D eigenvalue weighted by Crippen LogP contribution is -2.44. The number of anilines is 2. The van der Waals surface area contributed by atoms with Crippen LogP contribution in [0.3, 0.4) is 0 Å². The lowest BCUT2D eigenvalue weighted by Gasteiger charge is -2.37. The van der Waals surface area contributed by atoms with Gasteiger partial charge in [-0.2, -0.15) is 0 Å². The van der Waals surface area contributed by atoms with Gasteiger partial charge in [0.15, 0.2) is 0 Å². The molecule has 3 heterocycles. The highest BCUT2D eigenvalue weighted by molar-refractivity contribution is 5.41. The molecule has 0 spiro atoms. The molecule has 122 valence electrons. The average molecular weight is 312 g/mol. The predicted molar refractivity (Wildman–Crippen MR) is 91.8 cm³/mol. The normalized spacial score (nSPS) is 15.9. The standard InChI is InChI=1S/C17H24N6/c1-13(2)17-19-9-5-16(21-17)23-10-6-14(7-11-23)22(3)15-4-8-18-12-20-15/h4-5,8-9,12-14H,6-7,10-11H2,1-3H3. The molecule has 0 unspecified atom stereocenters. The van der Waals surface area contributed by atoms with Crippen LogP contribution in [0.5, 0.6) is 0 Å². The largest absolute Gasteiger partial charge is 0.356 e. The van der Waals surface area contributed by atoms with Crippen LogP contribution < -0.4 is 9.80 Å². The summed E-state index contributed by atoms with van der Waals surface area (Å²) in [6.45, 7) is 6.27. The minimum atomic E-state index is 0.358. The van der Waals surface area contributed by atoms with E-state index in [1.54, 1.807) is 12.5 Å². The SMILES string of the molecule is CC(C)c1nccc(N2CCC(N(C)c3ccncn3)CC2)n1. The van der Waals surface area contributed by atoms with Gasteiger partial charge in [-0.3, -0.25) is 0 Å². The van der Waals surface area contributed by atoms with Gasteiger partial charge in [0.1, 0.15) is 23.8 Å². The van der Waals surface area contributed by atoms with Crippen LogP contribution in [0.25, 0.3) is 0 Å². The van der Waals surface area contributed by atoms with E-state index >= 15 is 0 Å². The summed E-state index contributed by atoms with van der Waals surface area (Å²) in [6, 6.07) is 4.49. The first-order chi connectivity index (χ1) is 11.1. The average Bonchev–Trinajstić information content (AvgIpc) is 2.62. The number of nitrogens with zero attached hydrogens (tertiary/aromatic N) is 6. The van der Waals surface area contributed by atoms with Crippen molar-refractivity contribution in [2.45, 2.75) is 38.6 Å². The van der Waals surface area contributed by atoms with E-state index in [1.807, 2.05) is 18.3 Å². The molecule has 6 heteroatoms. The molecule has 1 aliphatic heterocycles. The Labute approximate surface area is 137 Å². The summed E-state index contributed by atoms with van der Waals surface area (Å²) < 4.78 is 0. The summed E-state index contributed by atoms with van der Waals surface area (Å²) in [5, 5.41) is 0. The quantitative estimate of drug-likeness (QED) is 0.864. The second kappa shape index (κ2) is 6.89. The van der Waals surface area contributed by atoms with Gasteiger partial charge in [-0.15, -0.1) is 0 Å². The highest BCUT2D eigenvalue weighted by Gasteiger charge is 2.24. The molecule has 0 amide bonds. The van der Waals surface area contributed by atoms with Gasteiger partial charge in [0.25, 0.3) is 0 Å². The van der Waals surface area contributed by atoms with Gasteiger partial charge >= 0.3 is 0 Å². The Morgan fingerprint density at radius 2 is 1.91 bits per heavy atom. The maximum atomic E-state index is 4.70. The van der Waals surface area contributed by atoms with Crippen LogP contribution in [-0.2, 0) is 0 Å². The van der Waals surface area contributed by atoms with E-state index < -0.39 is 0 Å². The molecule has 0 aromatic carbocycles. The van der Waals surface area contributed by atoms with Crippen LogP contribution in [0.4, 0.5) is 11.6 Å². The van der Waals surface area contributed by atoms with Crippen molar-refractivity contribution in [3.8, 4) is 0 Å². The Balaban J connectivity index is 1.63. The first kappa shape index (κ1) is 15.6. The number of aromatic nitrogens is 4. The minimum Gasteiger partial charge on any atom is -0.356 e. The predicted octanol–water partition coefficient (Wildman–Crippen LogP) is 2.50. The van der Waals surface area contributed by atoms with Crippen molar-refractivity contribution in [2.75, 3.05) is 29.9 Å². The Hall–Kier alpha value is -2.24. The fourth-order valence-corrected chi connectivity index (χ4v) is 2.98. The fourth-order valence-electron chi connectivity index (χ4n) is 2.98. The van der Waals surface area contributed by atoms with Crippen molar-refractivity contribution in [1.82, 2.24) is 19.9 Å². The molecule has 3 rings (SSSR count). The van der Waals surface area contributed by atoms with Crippen LogP contribution in [0.1, 0.15) is 38.4 Å². The third kappa shape index (κ3) is 3.57. The Bertz CT molecular complexity index is 622. The Morgan fingerprint density at radius 1 is 1.13 bits per heavy atom. The maximum Gasteiger partial charge on any atom is 0.133 e. The molecule has 2 aromatic heterocycles. The molecular weight excluding hydrogens is 288 g/mol. The van der Waals surface area contributed by atoms with Crippen molar-refractivity contribution in [3.63, 3.8) is 0 Å². The highest BCUT2D eigenvalue weighted by Crippen LogP contribution is 2.23. The first-order valence-corrected chi connectivity index (χ1v) is 8.22. The van der Waals surface area contributed by atoms with E-state index in [0.717, 1.165) is 43.4 Å². The molecule has 0 atom stereocenters. The monoisotopic (exact) mass is 312 g/mol. The van der Waals surface area contributed by atoms with Crippen molar-refractivity contribution >= 4 is 11.6 Å². The van der Waals surface area contributed by atoms with E-state index in [9.17, 15) is 0 Å². The zero-order valence-electron chi connectivity index (χ0n) is 14.1. The van der Waals surface area contributed by atoms with Crippen LogP contribution in [0.2, 0.25) is 0 Å². The molecule has 0 radical (unpaired) electrons. The summed E-state index contributed by atoms with van der Waals surface area (Å²) in [4.78, 5) is 22.0.